The number of halogens is 1. The Hall–Kier alpha value is -2.47. The van der Waals surface area contributed by atoms with Crippen LogP contribution in [0.15, 0.2) is 36.4 Å². The first kappa shape index (κ1) is 17.4. The minimum atomic E-state index is -0.546. The summed E-state index contributed by atoms with van der Waals surface area (Å²) in [5.74, 6) is -0.581. The van der Waals surface area contributed by atoms with E-state index in [1.54, 1.807) is 23.5 Å². The minimum absolute atomic E-state index is 0.205. The predicted molar refractivity (Wildman–Crippen MR) is 98.8 cm³/mol. The quantitative estimate of drug-likeness (QED) is 0.655. The summed E-state index contributed by atoms with van der Waals surface area (Å²) in [4.78, 5) is 16.0. The van der Waals surface area contributed by atoms with E-state index in [1.165, 1.54) is 13.2 Å². The van der Waals surface area contributed by atoms with Crippen LogP contribution in [0.4, 0.5) is 10.1 Å². The number of nitrogens with zero attached hydrogens (tertiary/aromatic N) is 1. The highest BCUT2D eigenvalue weighted by Gasteiger charge is 2.11. The van der Waals surface area contributed by atoms with Crippen molar-refractivity contribution in [2.24, 2.45) is 0 Å². The SMILES string of the molecule is COC(=O)c1ccc(CNc2ccc3nc(C(C)C)sc3c2)c(F)c1. The molecule has 0 unspecified atom stereocenters. The highest BCUT2D eigenvalue weighted by atomic mass is 32.1. The number of carbonyl (C=O) groups excluding carboxylic acids is 1. The number of ether oxygens (including phenoxy) is 1. The van der Waals surface area contributed by atoms with Crippen molar-refractivity contribution in [2.45, 2.75) is 26.3 Å². The van der Waals surface area contributed by atoms with Crippen LogP contribution in [0.1, 0.15) is 40.7 Å². The fourth-order valence-electron chi connectivity index (χ4n) is 2.43. The lowest BCUT2D eigenvalue weighted by molar-refractivity contribution is 0.0600. The second-order valence-electron chi connectivity index (χ2n) is 6.04. The van der Waals surface area contributed by atoms with Crippen LogP contribution < -0.4 is 5.32 Å². The first-order valence-corrected chi connectivity index (χ1v) is 8.80. The molecule has 0 spiro atoms. The zero-order chi connectivity index (χ0) is 18.0. The van der Waals surface area contributed by atoms with Gasteiger partial charge in [-0.05, 0) is 30.3 Å². The average molecular weight is 358 g/mol. The lowest BCUT2D eigenvalue weighted by Gasteiger charge is -2.08. The maximum Gasteiger partial charge on any atom is 0.337 e. The van der Waals surface area contributed by atoms with Crippen molar-refractivity contribution in [3.63, 3.8) is 0 Å². The molecule has 1 N–H and O–H groups in total. The molecule has 1 aromatic heterocycles. The molecule has 25 heavy (non-hydrogen) atoms. The van der Waals surface area contributed by atoms with Gasteiger partial charge in [0.2, 0.25) is 0 Å². The topological polar surface area (TPSA) is 51.2 Å². The molecule has 0 bridgehead atoms. The summed E-state index contributed by atoms with van der Waals surface area (Å²) >= 11 is 1.68. The number of fused-ring (bicyclic) bond motifs is 1. The molecule has 0 aliphatic heterocycles. The van der Waals surface area contributed by atoms with Crippen molar-refractivity contribution < 1.29 is 13.9 Å². The predicted octanol–water partition coefficient (Wildman–Crippen LogP) is 4.96. The second kappa shape index (κ2) is 7.19. The third-order valence-electron chi connectivity index (χ3n) is 3.86. The minimum Gasteiger partial charge on any atom is -0.465 e. The molecule has 0 saturated heterocycles. The Morgan fingerprint density at radius 3 is 2.76 bits per heavy atom. The van der Waals surface area contributed by atoms with Crippen molar-refractivity contribution in [1.29, 1.82) is 0 Å². The molecule has 4 nitrogen and oxygen atoms in total. The summed E-state index contributed by atoms with van der Waals surface area (Å²) < 4.78 is 19.8. The molecule has 0 aliphatic rings. The van der Waals surface area contributed by atoms with E-state index in [-0.39, 0.29) is 5.56 Å². The Labute approximate surface area is 149 Å². The first-order valence-electron chi connectivity index (χ1n) is 7.99. The summed E-state index contributed by atoms with van der Waals surface area (Å²) in [5.41, 5.74) is 2.58. The molecule has 0 saturated carbocycles. The summed E-state index contributed by atoms with van der Waals surface area (Å²) in [7, 11) is 1.27. The Balaban J connectivity index is 1.75. The zero-order valence-corrected chi connectivity index (χ0v) is 15.1. The third-order valence-corrected chi connectivity index (χ3v) is 5.17. The zero-order valence-electron chi connectivity index (χ0n) is 14.3. The number of methoxy groups -OCH3 is 1. The second-order valence-corrected chi connectivity index (χ2v) is 7.10. The lowest BCUT2D eigenvalue weighted by Crippen LogP contribution is -2.05. The van der Waals surface area contributed by atoms with Crippen LogP contribution in [-0.4, -0.2) is 18.1 Å². The average Bonchev–Trinajstić information content (AvgIpc) is 3.03. The molecule has 6 heteroatoms. The number of anilines is 1. The molecule has 0 aliphatic carbocycles. The van der Waals surface area contributed by atoms with Gasteiger partial charge in [-0.1, -0.05) is 19.9 Å². The molecule has 130 valence electrons. The monoisotopic (exact) mass is 358 g/mol. The molecular formula is C19H19FN2O2S. The van der Waals surface area contributed by atoms with Crippen molar-refractivity contribution in [3.8, 4) is 0 Å². The Kier molecular flexibility index (Phi) is 4.99. The number of benzene rings is 2. The molecule has 0 radical (unpaired) electrons. The van der Waals surface area contributed by atoms with E-state index in [9.17, 15) is 9.18 Å². The Morgan fingerprint density at radius 2 is 2.08 bits per heavy atom. The highest BCUT2D eigenvalue weighted by Crippen LogP contribution is 2.29. The van der Waals surface area contributed by atoms with Gasteiger partial charge in [-0.2, -0.15) is 0 Å². The number of hydrogen-bond donors (Lipinski definition) is 1. The van der Waals surface area contributed by atoms with Gasteiger partial charge in [0.1, 0.15) is 5.82 Å². The van der Waals surface area contributed by atoms with Gasteiger partial charge in [-0.25, -0.2) is 14.2 Å². The van der Waals surface area contributed by atoms with E-state index in [2.05, 4.69) is 28.9 Å². The number of hydrogen-bond acceptors (Lipinski definition) is 5. The molecule has 0 fully saturated rings. The smallest absolute Gasteiger partial charge is 0.337 e. The van der Waals surface area contributed by atoms with Crippen LogP contribution in [0.25, 0.3) is 10.2 Å². The van der Waals surface area contributed by atoms with Crippen molar-refractivity contribution >= 4 is 33.2 Å². The third kappa shape index (κ3) is 3.79. The molecule has 0 atom stereocenters. The number of aromatic nitrogens is 1. The maximum atomic E-state index is 14.1. The standard InChI is InChI=1S/C19H19FN2O2S/c1-11(2)18-22-16-7-6-14(9-17(16)25-18)21-10-13-5-4-12(8-15(13)20)19(23)24-3/h4-9,11,21H,10H2,1-3H3. The maximum absolute atomic E-state index is 14.1. The van der Waals surface area contributed by atoms with Gasteiger partial charge in [0.05, 0.1) is 27.9 Å². The highest BCUT2D eigenvalue weighted by molar-refractivity contribution is 7.18. The van der Waals surface area contributed by atoms with Crippen LogP contribution in [0, 0.1) is 5.82 Å². The van der Waals surface area contributed by atoms with Crippen molar-refractivity contribution in [1.82, 2.24) is 4.98 Å². The van der Waals surface area contributed by atoms with Gasteiger partial charge in [0.15, 0.2) is 0 Å². The number of carbonyl (C=O) groups is 1. The summed E-state index contributed by atoms with van der Waals surface area (Å²) in [5, 5.41) is 4.33. The fraction of sp³-hybridized carbons (Fsp3) is 0.263. The Bertz CT molecular complexity index is 921. The fourth-order valence-corrected chi connectivity index (χ4v) is 3.44. The van der Waals surface area contributed by atoms with Gasteiger partial charge < -0.3 is 10.1 Å². The summed E-state index contributed by atoms with van der Waals surface area (Å²) in [6, 6.07) is 10.3. The van der Waals surface area contributed by atoms with Gasteiger partial charge in [-0.3, -0.25) is 0 Å². The van der Waals surface area contributed by atoms with Gasteiger partial charge in [0, 0.05) is 23.7 Å². The number of nitrogens with one attached hydrogen (secondary N) is 1. The van der Waals surface area contributed by atoms with E-state index in [0.29, 0.717) is 18.0 Å². The van der Waals surface area contributed by atoms with Crippen LogP contribution in [0.2, 0.25) is 0 Å². The lowest BCUT2D eigenvalue weighted by atomic mass is 10.1. The number of thiazole rings is 1. The largest absolute Gasteiger partial charge is 0.465 e. The first-order chi connectivity index (χ1) is 12.0. The van der Waals surface area contributed by atoms with Crippen LogP contribution >= 0.6 is 11.3 Å². The van der Waals surface area contributed by atoms with Gasteiger partial charge in [0.25, 0.3) is 0 Å². The Morgan fingerprint density at radius 1 is 1.28 bits per heavy atom. The molecule has 3 rings (SSSR count). The van der Waals surface area contributed by atoms with E-state index in [1.807, 2.05) is 18.2 Å². The van der Waals surface area contributed by atoms with E-state index < -0.39 is 11.8 Å². The summed E-state index contributed by atoms with van der Waals surface area (Å²) in [6.45, 7) is 4.57. The summed E-state index contributed by atoms with van der Waals surface area (Å²) in [6.07, 6.45) is 0. The van der Waals surface area contributed by atoms with Crippen molar-refractivity contribution in [2.75, 3.05) is 12.4 Å². The molecule has 1 heterocycles. The van der Waals surface area contributed by atoms with E-state index >= 15 is 0 Å². The number of esters is 1. The molecule has 3 aromatic rings. The van der Waals surface area contributed by atoms with Crippen LogP contribution in [0.3, 0.4) is 0 Å². The normalized spacial score (nSPS) is 11.1. The van der Waals surface area contributed by atoms with E-state index in [4.69, 9.17) is 0 Å². The van der Waals surface area contributed by atoms with E-state index in [0.717, 1.165) is 20.9 Å². The van der Waals surface area contributed by atoms with Gasteiger partial charge in [-0.15, -0.1) is 11.3 Å². The molecular weight excluding hydrogens is 339 g/mol. The van der Waals surface area contributed by atoms with Crippen LogP contribution in [-0.2, 0) is 11.3 Å². The molecule has 0 amide bonds. The van der Waals surface area contributed by atoms with Gasteiger partial charge >= 0.3 is 5.97 Å². The van der Waals surface area contributed by atoms with Crippen LogP contribution in [0.5, 0.6) is 0 Å². The molecule has 2 aromatic carbocycles. The van der Waals surface area contributed by atoms with Crippen molar-refractivity contribution in [3.05, 3.63) is 58.3 Å². The number of rotatable bonds is 5.